The molecule has 2 nitrogen and oxygen atoms in total. The molecule has 0 bridgehead atoms. The number of amides is 1. The molecule has 0 heterocycles. The first-order chi connectivity index (χ1) is 16.7. The summed E-state index contributed by atoms with van der Waals surface area (Å²) in [7, 11) is 0. The van der Waals surface area contributed by atoms with Crippen LogP contribution >= 0.6 is 0 Å². The lowest BCUT2D eigenvalue weighted by Crippen LogP contribution is -2.32. The van der Waals surface area contributed by atoms with E-state index >= 15 is 0 Å². The van der Waals surface area contributed by atoms with Crippen LogP contribution in [0.1, 0.15) is 181 Å². The Morgan fingerprint density at radius 1 is 0.559 bits per heavy atom. The fraction of sp³-hybridized carbons (Fsp3) is 0.906. The Bertz CT molecular complexity index is 431. The van der Waals surface area contributed by atoms with Gasteiger partial charge in [-0.05, 0) is 45.4 Å². The maximum atomic E-state index is 11.9. The summed E-state index contributed by atoms with van der Waals surface area (Å²) in [5, 5.41) is 3.13. The summed E-state index contributed by atoms with van der Waals surface area (Å²) in [6.07, 6.45) is 37.8. The van der Waals surface area contributed by atoms with Gasteiger partial charge >= 0.3 is 0 Å². The normalized spacial score (nSPS) is 12.4. The minimum Gasteiger partial charge on any atom is -0.354 e. The molecule has 1 atom stereocenters. The average Bonchev–Trinajstić information content (AvgIpc) is 2.83. The SMILES string of the molecule is CCCCCCCCCCCCCCCC/C=C\CCCCCCCC(=O)NC(C)CCCC. The predicted octanol–water partition coefficient (Wildman–Crippen LogP) is 10.8. The van der Waals surface area contributed by atoms with Crippen molar-refractivity contribution in [1.82, 2.24) is 5.32 Å². The van der Waals surface area contributed by atoms with Gasteiger partial charge in [0.15, 0.2) is 0 Å². The van der Waals surface area contributed by atoms with E-state index in [1.165, 1.54) is 141 Å². The molecule has 1 unspecified atom stereocenters. The zero-order valence-electron chi connectivity index (χ0n) is 23.8. The van der Waals surface area contributed by atoms with Crippen LogP contribution in [0, 0.1) is 0 Å². The zero-order valence-corrected chi connectivity index (χ0v) is 23.8. The molecule has 0 spiro atoms. The van der Waals surface area contributed by atoms with E-state index < -0.39 is 0 Å². The second kappa shape index (κ2) is 28.4. The molecule has 0 aromatic rings. The molecule has 0 aliphatic carbocycles. The summed E-state index contributed by atoms with van der Waals surface area (Å²) in [4.78, 5) is 11.9. The lowest BCUT2D eigenvalue weighted by Gasteiger charge is -2.13. The molecule has 0 saturated heterocycles. The molecule has 2 heteroatoms. The van der Waals surface area contributed by atoms with Gasteiger partial charge in [-0.15, -0.1) is 0 Å². The second-order valence-corrected chi connectivity index (χ2v) is 10.8. The molecular formula is C32H63NO. The van der Waals surface area contributed by atoms with Crippen LogP contribution in [0.25, 0.3) is 0 Å². The quantitative estimate of drug-likeness (QED) is 0.0924. The van der Waals surface area contributed by atoms with E-state index in [-0.39, 0.29) is 5.91 Å². The zero-order chi connectivity index (χ0) is 25.0. The Hall–Kier alpha value is -0.790. The maximum Gasteiger partial charge on any atom is 0.220 e. The molecule has 1 amide bonds. The Kier molecular flexibility index (Phi) is 27.8. The first-order valence-corrected chi connectivity index (χ1v) is 15.6. The summed E-state index contributed by atoms with van der Waals surface area (Å²) >= 11 is 0. The summed E-state index contributed by atoms with van der Waals surface area (Å²) < 4.78 is 0. The first-order valence-electron chi connectivity index (χ1n) is 15.6. The number of nitrogens with one attached hydrogen (secondary N) is 1. The van der Waals surface area contributed by atoms with Crippen LogP contribution in [0.5, 0.6) is 0 Å². The lowest BCUT2D eigenvalue weighted by atomic mass is 10.0. The van der Waals surface area contributed by atoms with Crippen LogP contribution < -0.4 is 5.32 Å². The number of rotatable bonds is 27. The van der Waals surface area contributed by atoms with E-state index in [0.717, 1.165) is 12.8 Å². The second-order valence-electron chi connectivity index (χ2n) is 10.8. The van der Waals surface area contributed by atoms with Gasteiger partial charge in [0, 0.05) is 12.5 Å². The van der Waals surface area contributed by atoms with Crippen molar-refractivity contribution in [2.45, 2.75) is 187 Å². The molecule has 0 radical (unpaired) electrons. The molecule has 0 aromatic heterocycles. The van der Waals surface area contributed by atoms with Crippen molar-refractivity contribution in [1.29, 1.82) is 0 Å². The number of hydrogen-bond donors (Lipinski definition) is 1. The van der Waals surface area contributed by atoms with Crippen molar-refractivity contribution in [3.63, 3.8) is 0 Å². The number of unbranched alkanes of at least 4 members (excludes halogenated alkanes) is 20. The first kappa shape index (κ1) is 33.2. The summed E-state index contributed by atoms with van der Waals surface area (Å²) in [5.74, 6) is 0.245. The Balaban J connectivity index is 3.21. The predicted molar refractivity (Wildman–Crippen MR) is 154 cm³/mol. The van der Waals surface area contributed by atoms with Crippen LogP contribution in [-0.2, 0) is 4.79 Å². The van der Waals surface area contributed by atoms with Crippen molar-refractivity contribution in [2.24, 2.45) is 0 Å². The molecule has 0 fully saturated rings. The standard InChI is InChI=1S/C32H63NO/c1-4-6-8-9-10-11-12-13-14-15-16-17-18-19-20-21-22-23-24-25-26-27-28-30-32(34)33-31(3)29-7-5-2/h21-22,31H,4-20,23-30H2,1-3H3,(H,33,34)/b22-21-. The van der Waals surface area contributed by atoms with Gasteiger partial charge < -0.3 is 5.32 Å². The summed E-state index contributed by atoms with van der Waals surface area (Å²) in [6, 6.07) is 0.337. The third kappa shape index (κ3) is 27.5. The Labute approximate surface area is 215 Å². The fourth-order valence-electron chi connectivity index (χ4n) is 4.70. The molecule has 0 aliphatic rings. The van der Waals surface area contributed by atoms with Crippen LogP contribution in [0.15, 0.2) is 12.2 Å². The van der Waals surface area contributed by atoms with Crippen LogP contribution in [0.3, 0.4) is 0 Å². The fourth-order valence-corrected chi connectivity index (χ4v) is 4.70. The highest BCUT2D eigenvalue weighted by molar-refractivity contribution is 5.76. The van der Waals surface area contributed by atoms with Crippen molar-refractivity contribution in [2.75, 3.05) is 0 Å². The highest BCUT2D eigenvalue weighted by Gasteiger charge is 2.06. The molecule has 0 aliphatic heterocycles. The Morgan fingerprint density at radius 2 is 0.941 bits per heavy atom. The number of hydrogen-bond acceptors (Lipinski definition) is 1. The highest BCUT2D eigenvalue weighted by Crippen LogP contribution is 2.14. The number of carbonyl (C=O) groups is 1. The van der Waals surface area contributed by atoms with Gasteiger partial charge in [-0.2, -0.15) is 0 Å². The third-order valence-electron chi connectivity index (χ3n) is 7.06. The molecule has 0 aromatic carbocycles. The van der Waals surface area contributed by atoms with E-state index in [1.807, 2.05) is 0 Å². The minimum absolute atomic E-state index is 0.245. The van der Waals surface area contributed by atoms with E-state index in [2.05, 4.69) is 38.2 Å². The van der Waals surface area contributed by atoms with Crippen molar-refractivity contribution < 1.29 is 4.79 Å². The van der Waals surface area contributed by atoms with Gasteiger partial charge in [0.1, 0.15) is 0 Å². The monoisotopic (exact) mass is 477 g/mol. The maximum absolute atomic E-state index is 11.9. The van der Waals surface area contributed by atoms with Crippen molar-refractivity contribution >= 4 is 5.91 Å². The van der Waals surface area contributed by atoms with E-state index in [1.54, 1.807) is 0 Å². The number of carbonyl (C=O) groups excluding carboxylic acids is 1. The van der Waals surface area contributed by atoms with Gasteiger partial charge in [0.2, 0.25) is 5.91 Å². The van der Waals surface area contributed by atoms with Gasteiger partial charge in [0.25, 0.3) is 0 Å². The van der Waals surface area contributed by atoms with Gasteiger partial charge in [-0.25, -0.2) is 0 Å². The average molecular weight is 478 g/mol. The van der Waals surface area contributed by atoms with E-state index in [0.29, 0.717) is 12.5 Å². The number of allylic oxidation sites excluding steroid dienone is 2. The Morgan fingerprint density at radius 3 is 1.38 bits per heavy atom. The highest BCUT2D eigenvalue weighted by atomic mass is 16.1. The van der Waals surface area contributed by atoms with Crippen LogP contribution in [-0.4, -0.2) is 11.9 Å². The molecule has 202 valence electrons. The van der Waals surface area contributed by atoms with Crippen LogP contribution in [0.2, 0.25) is 0 Å². The van der Waals surface area contributed by atoms with Crippen molar-refractivity contribution in [3.8, 4) is 0 Å². The van der Waals surface area contributed by atoms with Gasteiger partial charge in [-0.1, -0.05) is 142 Å². The topological polar surface area (TPSA) is 29.1 Å². The molecule has 34 heavy (non-hydrogen) atoms. The largest absolute Gasteiger partial charge is 0.354 e. The molecule has 0 rings (SSSR count). The van der Waals surface area contributed by atoms with Crippen LogP contribution in [0.4, 0.5) is 0 Å². The lowest BCUT2D eigenvalue weighted by molar-refractivity contribution is -0.121. The molecular weight excluding hydrogens is 414 g/mol. The van der Waals surface area contributed by atoms with Gasteiger partial charge in [0.05, 0.1) is 0 Å². The minimum atomic E-state index is 0.245. The molecule has 1 N–H and O–H groups in total. The van der Waals surface area contributed by atoms with Gasteiger partial charge in [-0.3, -0.25) is 4.79 Å². The third-order valence-corrected chi connectivity index (χ3v) is 7.06. The summed E-state index contributed by atoms with van der Waals surface area (Å²) in [5.41, 5.74) is 0. The van der Waals surface area contributed by atoms with E-state index in [4.69, 9.17) is 0 Å². The van der Waals surface area contributed by atoms with Crippen molar-refractivity contribution in [3.05, 3.63) is 12.2 Å². The summed E-state index contributed by atoms with van der Waals surface area (Å²) in [6.45, 7) is 6.62. The van der Waals surface area contributed by atoms with E-state index in [9.17, 15) is 4.79 Å². The molecule has 0 saturated carbocycles. The smallest absolute Gasteiger partial charge is 0.220 e.